The zero-order valence-corrected chi connectivity index (χ0v) is 19.3. The molecule has 1 N–H and O–H groups in total. The Morgan fingerprint density at radius 3 is 2.82 bits per heavy atom. The zero-order chi connectivity index (χ0) is 18.5. The van der Waals surface area contributed by atoms with Gasteiger partial charge in [0.1, 0.15) is 6.10 Å². The van der Waals surface area contributed by atoms with Gasteiger partial charge in [-0.1, -0.05) is 24.3 Å². The number of hydrogen-bond donors (Lipinski definition) is 1. The van der Waals surface area contributed by atoms with Crippen LogP contribution in [0.3, 0.4) is 0 Å². The number of benzene rings is 1. The van der Waals surface area contributed by atoms with Crippen molar-refractivity contribution in [2.24, 2.45) is 4.99 Å². The number of morpholine rings is 1. The summed E-state index contributed by atoms with van der Waals surface area (Å²) in [6.45, 7) is 7.29. The SMILES string of the molecule is CCNC(=NCC1CCCc2ccccc21)N1CCOC(C2CCCO2)C1.I. The minimum Gasteiger partial charge on any atom is -0.375 e. The molecule has 156 valence electrons. The average Bonchev–Trinajstić information content (AvgIpc) is 3.26. The van der Waals surface area contributed by atoms with E-state index in [-0.39, 0.29) is 36.2 Å². The van der Waals surface area contributed by atoms with Gasteiger partial charge >= 0.3 is 0 Å². The van der Waals surface area contributed by atoms with E-state index in [1.54, 1.807) is 0 Å². The molecule has 2 heterocycles. The van der Waals surface area contributed by atoms with Crippen LogP contribution in [0.4, 0.5) is 0 Å². The van der Waals surface area contributed by atoms with Crippen LogP contribution in [-0.2, 0) is 15.9 Å². The number of nitrogens with zero attached hydrogens (tertiary/aromatic N) is 2. The molecule has 2 fully saturated rings. The van der Waals surface area contributed by atoms with E-state index in [1.165, 1.54) is 30.4 Å². The van der Waals surface area contributed by atoms with Gasteiger partial charge in [-0.2, -0.15) is 0 Å². The maximum absolute atomic E-state index is 6.01. The molecule has 1 aromatic carbocycles. The molecule has 3 unspecified atom stereocenters. The van der Waals surface area contributed by atoms with Gasteiger partial charge < -0.3 is 19.7 Å². The number of fused-ring (bicyclic) bond motifs is 1. The van der Waals surface area contributed by atoms with Crippen molar-refractivity contribution < 1.29 is 9.47 Å². The third-order valence-corrected chi connectivity index (χ3v) is 6.06. The van der Waals surface area contributed by atoms with E-state index in [1.807, 2.05) is 0 Å². The van der Waals surface area contributed by atoms with Crippen molar-refractivity contribution in [2.75, 3.05) is 39.4 Å². The quantitative estimate of drug-likeness (QED) is 0.391. The number of rotatable bonds is 4. The number of aliphatic imine (C=N–C) groups is 1. The Labute approximate surface area is 186 Å². The molecule has 0 aromatic heterocycles. The van der Waals surface area contributed by atoms with Crippen LogP contribution in [-0.4, -0.2) is 62.5 Å². The first-order valence-electron chi connectivity index (χ1n) is 10.7. The van der Waals surface area contributed by atoms with E-state index in [9.17, 15) is 0 Å². The molecule has 1 aromatic rings. The Hall–Kier alpha value is -0.860. The molecule has 2 aliphatic heterocycles. The Bertz CT molecular complexity index is 648. The lowest BCUT2D eigenvalue weighted by Crippen LogP contribution is -2.53. The topological polar surface area (TPSA) is 46.1 Å². The normalized spacial score (nSPS) is 27.8. The molecule has 0 spiro atoms. The van der Waals surface area contributed by atoms with Crippen molar-refractivity contribution in [3.8, 4) is 0 Å². The van der Waals surface area contributed by atoms with Crippen LogP contribution in [0.25, 0.3) is 0 Å². The van der Waals surface area contributed by atoms with E-state index in [2.05, 4.69) is 41.4 Å². The lowest BCUT2D eigenvalue weighted by Gasteiger charge is -2.37. The van der Waals surface area contributed by atoms with Crippen molar-refractivity contribution in [2.45, 2.75) is 57.2 Å². The third-order valence-electron chi connectivity index (χ3n) is 6.06. The molecule has 0 saturated carbocycles. The third kappa shape index (κ3) is 5.19. The highest BCUT2D eigenvalue weighted by Gasteiger charge is 2.32. The van der Waals surface area contributed by atoms with Crippen LogP contribution in [0.1, 0.15) is 49.7 Å². The Balaban J connectivity index is 0.00000225. The molecule has 3 aliphatic rings. The van der Waals surface area contributed by atoms with Gasteiger partial charge in [-0.05, 0) is 50.2 Å². The van der Waals surface area contributed by atoms with E-state index in [4.69, 9.17) is 14.5 Å². The van der Waals surface area contributed by atoms with Crippen LogP contribution in [0.2, 0.25) is 0 Å². The van der Waals surface area contributed by atoms with Gasteiger partial charge in [0, 0.05) is 38.7 Å². The number of nitrogens with one attached hydrogen (secondary N) is 1. The fourth-order valence-electron chi connectivity index (χ4n) is 4.66. The largest absolute Gasteiger partial charge is 0.375 e. The first-order valence-corrected chi connectivity index (χ1v) is 10.7. The average molecular weight is 499 g/mol. The summed E-state index contributed by atoms with van der Waals surface area (Å²) in [6.07, 6.45) is 6.41. The van der Waals surface area contributed by atoms with E-state index < -0.39 is 0 Å². The molecule has 2 saturated heterocycles. The molecule has 0 radical (unpaired) electrons. The molecule has 5 nitrogen and oxygen atoms in total. The Kier molecular flexibility index (Phi) is 8.41. The highest BCUT2D eigenvalue weighted by Crippen LogP contribution is 2.31. The fraction of sp³-hybridized carbons (Fsp3) is 0.682. The lowest BCUT2D eigenvalue weighted by atomic mass is 9.83. The number of halogens is 1. The van der Waals surface area contributed by atoms with Gasteiger partial charge in [-0.25, -0.2) is 0 Å². The fourth-order valence-corrected chi connectivity index (χ4v) is 4.66. The minimum atomic E-state index is 0. The standard InChI is InChI=1S/C22H33N3O2.HI/c1-2-23-22(25-12-14-27-21(16-25)20-11-6-13-26-20)24-15-18-9-5-8-17-7-3-4-10-19(17)18;/h3-4,7,10,18,20-21H,2,5-6,8-9,11-16H2,1H3,(H,23,24);1H. The van der Waals surface area contributed by atoms with Crippen molar-refractivity contribution in [3.05, 3.63) is 35.4 Å². The van der Waals surface area contributed by atoms with E-state index in [0.29, 0.717) is 5.92 Å². The summed E-state index contributed by atoms with van der Waals surface area (Å²) in [6, 6.07) is 8.90. The first-order chi connectivity index (χ1) is 13.3. The van der Waals surface area contributed by atoms with Crippen LogP contribution in [0.15, 0.2) is 29.3 Å². The summed E-state index contributed by atoms with van der Waals surface area (Å²) in [7, 11) is 0. The molecule has 1 aliphatic carbocycles. The maximum atomic E-state index is 6.01. The Morgan fingerprint density at radius 1 is 1.14 bits per heavy atom. The molecule has 28 heavy (non-hydrogen) atoms. The van der Waals surface area contributed by atoms with Gasteiger partial charge in [0.05, 0.1) is 12.7 Å². The second-order valence-electron chi connectivity index (χ2n) is 7.89. The van der Waals surface area contributed by atoms with Gasteiger partial charge in [0.25, 0.3) is 0 Å². The van der Waals surface area contributed by atoms with Gasteiger partial charge in [-0.15, -0.1) is 24.0 Å². The zero-order valence-electron chi connectivity index (χ0n) is 16.9. The smallest absolute Gasteiger partial charge is 0.194 e. The molecule has 0 amide bonds. The number of ether oxygens (including phenoxy) is 2. The Morgan fingerprint density at radius 2 is 2.00 bits per heavy atom. The molecule has 0 bridgehead atoms. The maximum Gasteiger partial charge on any atom is 0.194 e. The molecule has 6 heteroatoms. The number of aryl methyl sites for hydroxylation is 1. The lowest BCUT2D eigenvalue weighted by molar-refractivity contribution is -0.0817. The summed E-state index contributed by atoms with van der Waals surface area (Å²) >= 11 is 0. The molecular weight excluding hydrogens is 465 g/mol. The van der Waals surface area contributed by atoms with Crippen molar-refractivity contribution in [1.82, 2.24) is 10.2 Å². The van der Waals surface area contributed by atoms with E-state index in [0.717, 1.165) is 58.2 Å². The number of hydrogen-bond acceptors (Lipinski definition) is 3. The van der Waals surface area contributed by atoms with Crippen LogP contribution >= 0.6 is 24.0 Å². The predicted molar refractivity (Wildman–Crippen MR) is 124 cm³/mol. The van der Waals surface area contributed by atoms with E-state index >= 15 is 0 Å². The summed E-state index contributed by atoms with van der Waals surface area (Å²) in [5.74, 6) is 1.57. The van der Waals surface area contributed by atoms with Gasteiger partial charge in [0.15, 0.2) is 5.96 Å². The van der Waals surface area contributed by atoms with Gasteiger partial charge in [0.2, 0.25) is 0 Å². The summed E-state index contributed by atoms with van der Waals surface area (Å²) in [5, 5.41) is 3.51. The summed E-state index contributed by atoms with van der Waals surface area (Å²) < 4.78 is 11.9. The molecule has 3 atom stereocenters. The monoisotopic (exact) mass is 499 g/mol. The molecular formula is C22H34IN3O2. The minimum absolute atomic E-state index is 0. The molecule has 4 rings (SSSR count). The van der Waals surface area contributed by atoms with Crippen molar-refractivity contribution in [3.63, 3.8) is 0 Å². The van der Waals surface area contributed by atoms with Gasteiger partial charge in [-0.3, -0.25) is 4.99 Å². The summed E-state index contributed by atoms with van der Waals surface area (Å²) in [5.41, 5.74) is 3.02. The highest BCUT2D eigenvalue weighted by atomic mass is 127. The van der Waals surface area contributed by atoms with Crippen LogP contribution in [0, 0.1) is 0 Å². The van der Waals surface area contributed by atoms with Crippen molar-refractivity contribution in [1.29, 1.82) is 0 Å². The first kappa shape index (κ1) is 21.8. The predicted octanol–water partition coefficient (Wildman–Crippen LogP) is 3.57. The van der Waals surface area contributed by atoms with Crippen molar-refractivity contribution >= 4 is 29.9 Å². The van der Waals surface area contributed by atoms with Crippen LogP contribution in [0.5, 0.6) is 0 Å². The second kappa shape index (κ2) is 10.8. The van der Waals surface area contributed by atoms with Crippen LogP contribution < -0.4 is 5.32 Å². The highest BCUT2D eigenvalue weighted by molar-refractivity contribution is 14.0. The number of guanidine groups is 1. The summed E-state index contributed by atoms with van der Waals surface area (Å²) in [4.78, 5) is 7.42. The second-order valence-corrected chi connectivity index (χ2v) is 7.89.